The minimum Gasteiger partial charge on any atom is -0.366 e. The molecule has 14 nitrogen and oxygen atoms in total. The highest BCUT2D eigenvalue weighted by Crippen LogP contribution is 2.23. The van der Waals surface area contributed by atoms with Crippen LogP contribution in [0.15, 0.2) is 122 Å². The van der Waals surface area contributed by atoms with Gasteiger partial charge in [-0.05, 0) is 86.6 Å². The van der Waals surface area contributed by atoms with Gasteiger partial charge in [0.1, 0.15) is 11.6 Å². The summed E-state index contributed by atoms with van der Waals surface area (Å²) in [4.78, 5) is 49.8. The van der Waals surface area contributed by atoms with Crippen molar-refractivity contribution in [3.05, 3.63) is 145 Å². The van der Waals surface area contributed by atoms with E-state index in [0.717, 1.165) is 45.1 Å². The monoisotopic (exact) mass is 702 g/mol. The number of carbonyl (C=O) groups is 2. The van der Waals surface area contributed by atoms with E-state index in [2.05, 4.69) is 45.9 Å². The Labute approximate surface area is 303 Å². The smallest absolute Gasteiger partial charge is 0.251 e. The van der Waals surface area contributed by atoms with Crippen LogP contribution in [0.25, 0.3) is 33.7 Å². The van der Waals surface area contributed by atoms with E-state index in [4.69, 9.17) is 5.73 Å². The molecule has 0 atom stereocenters. The highest BCUT2D eigenvalue weighted by Gasteiger charge is 2.13. The first kappa shape index (κ1) is 34.0. The molecule has 0 saturated heterocycles. The van der Waals surface area contributed by atoms with Crippen molar-refractivity contribution in [2.75, 3.05) is 17.7 Å². The number of imidazole rings is 2. The zero-order valence-corrected chi connectivity index (χ0v) is 29.0. The lowest BCUT2D eigenvalue weighted by Crippen LogP contribution is -2.17. The summed E-state index contributed by atoms with van der Waals surface area (Å²) >= 11 is 0. The Morgan fingerprint density at radius 2 is 1.00 bits per heavy atom. The largest absolute Gasteiger partial charge is 0.366 e. The molecule has 0 aliphatic carbocycles. The molecule has 0 spiro atoms. The molecule has 8 aromatic rings. The summed E-state index contributed by atoms with van der Waals surface area (Å²) < 4.78 is 3.94. The zero-order chi connectivity index (χ0) is 36.9. The van der Waals surface area contributed by atoms with Gasteiger partial charge in [0.05, 0.1) is 46.9 Å². The van der Waals surface area contributed by atoms with E-state index < -0.39 is 5.91 Å². The van der Waals surface area contributed by atoms with Crippen molar-refractivity contribution in [1.29, 1.82) is 0 Å². The van der Waals surface area contributed by atoms with Gasteiger partial charge in [0.25, 0.3) is 5.91 Å². The second-order valence-electron chi connectivity index (χ2n) is 11.8. The van der Waals surface area contributed by atoms with Gasteiger partial charge in [0.2, 0.25) is 5.91 Å². The van der Waals surface area contributed by atoms with Crippen LogP contribution in [-0.2, 0) is 0 Å². The number of nitrogens with one attached hydrogen (secondary N) is 3. The van der Waals surface area contributed by atoms with Crippen molar-refractivity contribution in [2.45, 2.75) is 13.8 Å². The van der Waals surface area contributed by atoms with Crippen LogP contribution in [-0.4, -0.2) is 57.9 Å². The number of anilines is 4. The van der Waals surface area contributed by atoms with Gasteiger partial charge in [-0.3, -0.25) is 28.7 Å². The minimum atomic E-state index is -0.458. The van der Waals surface area contributed by atoms with Crippen LogP contribution in [0.1, 0.15) is 32.4 Å². The topological polar surface area (TPSA) is 183 Å². The van der Waals surface area contributed by atoms with Crippen LogP contribution >= 0.6 is 0 Å². The van der Waals surface area contributed by atoms with Crippen molar-refractivity contribution < 1.29 is 9.59 Å². The fourth-order valence-corrected chi connectivity index (χ4v) is 5.78. The summed E-state index contributed by atoms with van der Waals surface area (Å²) in [6, 6.07) is 29.9. The standard InChI is InChI=1S/C20H18N6O.C19H16N6O/c1-13-23-16-5-3-4-6-17(16)26(13)19-12-22-11-18(25-19)24-15-9-7-14(8-10-15)20(27)21-2;1-12-22-15-4-2-3-5-16(15)25(12)18-11-21-10-17(24-18)23-14-8-6-13(7-9-14)19(20)26/h3-12H,1-2H3,(H,21,27)(H,24,25);2-11H,1H3,(H2,20,26)(H,23,24). The number of carbonyl (C=O) groups excluding carboxylic acids is 2. The first-order valence-corrected chi connectivity index (χ1v) is 16.6. The highest BCUT2D eigenvalue weighted by molar-refractivity contribution is 5.94. The maximum Gasteiger partial charge on any atom is 0.251 e. The summed E-state index contributed by atoms with van der Waals surface area (Å²) in [6.07, 6.45) is 6.70. The summed E-state index contributed by atoms with van der Waals surface area (Å²) in [5, 5.41) is 9.00. The maximum absolute atomic E-state index is 11.6. The van der Waals surface area contributed by atoms with E-state index in [-0.39, 0.29) is 5.91 Å². The molecular weight excluding hydrogens is 669 g/mol. The van der Waals surface area contributed by atoms with Gasteiger partial charge in [-0.15, -0.1) is 0 Å². The van der Waals surface area contributed by atoms with Crippen molar-refractivity contribution >= 4 is 56.9 Å². The minimum absolute atomic E-state index is 0.120. The van der Waals surface area contributed by atoms with Crippen LogP contribution in [0.3, 0.4) is 0 Å². The first-order valence-electron chi connectivity index (χ1n) is 16.6. The molecule has 0 radical (unpaired) electrons. The fraction of sp³-hybridized carbons (Fsp3) is 0.0769. The van der Waals surface area contributed by atoms with Crippen LogP contribution < -0.4 is 21.7 Å². The quantitative estimate of drug-likeness (QED) is 0.142. The molecule has 262 valence electrons. The number of amides is 2. The van der Waals surface area contributed by atoms with Crippen LogP contribution in [0.4, 0.5) is 23.0 Å². The number of benzene rings is 4. The van der Waals surface area contributed by atoms with Gasteiger partial charge >= 0.3 is 0 Å². The molecule has 8 rings (SSSR count). The van der Waals surface area contributed by atoms with E-state index in [1.807, 2.05) is 83.6 Å². The summed E-state index contributed by atoms with van der Waals surface area (Å²) in [6.45, 7) is 3.88. The number of aryl methyl sites for hydroxylation is 2. The van der Waals surface area contributed by atoms with Crippen molar-refractivity contribution in [2.24, 2.45) is 5.73 Å². The number of nitrogens with two attached hydrogens (primary N) is 1. The third-order valence-corrected chi connectivity index (χ3v) is 8.25. The molecule has 0 aliphatic rings. The highest BCUT2D eigenvalue weighted by atomic mass is 16.1. The van der Waals surface area contributed by atoms with E-state index in [1.54, 1.807) is 68.2 Å². The molecule has 0 bridgehead atoms. The summed E-state index contributed by atoms with van der Waals surface area (Å²) in [7, 11) is 1.61. The molecule has 4 heterocycles. The molecule has 0 saturated carbocycles. The number of para-hydroxylation sites is 4. The molecule has 14 heteroatoms. The van der Waals surface area contributed by atoms with Crippen LogP contribution in [0.5, 0.6) is 0 Å². The Morgan fingerprint density at radius 3 is 1.43 bits per heavy atom. The lowest BCUT2D eigenvalue weighted by molar-refractivity contribution is 0.0961. The number of hydrogen-bond acceptors (Lipinski definition) is 10. The Kier molecular flexibility index (Phi) is 9.48. The average Bonchev–Trinajstić information content (AvgIpc) is 3.70. The third-order valence-electron chi connectivity index (χ3n) is 8.25. The maximum atomic E-state index is 11.6. The molecule has 0 unspecified atom stereocenters. The van der Waals surface area contributed by atoms with Crippen molar-refractivity contribution in [3.63, 3.8) is 0 Å². The molecule has 4 aromatic heterocycles. The third kappa shape index (κ3) is 7.37. The molecule has 5 N–H and O–H groups in total. The van der Waals surface area contributed by atoms with Gasteiger partial charge in [-0.25, -0.2) is 19.9 Å². The number of hydrogen-bond donors (Lipinski definition) is 4. The number of rotatable bonds is 8. The summed E-state index contributed by atoms with van der Waals surface area (Å²) in [5.41, 5.74) is 11.7. The van der Waals surface area contributed by atoms with E-state index in [9.17, 15) is 9.59 Å². The molecule has 0 aliphatic heterocycles. The van der Waals surface area contributed by atoms with Crippen LogP contribution in [0.2, 0.25) is 0 Å². The molecule has 53 heavy (non-hydrogen) atoms. The molecular formula is C39H34N12O2. The van der Waals surface area contributed by atoms with Gasteiger partial charge < -0.3 is 21.7 Å². The van der Waals surface area contributed by atoms with E-state index in [0.29, 0.717) is 34.4 Å². The lowest BCUT2D eigenvalue weighted by Gasteiger charge is -2.10. The number of nitrogens with zero attached hydrogens (tertiary/aromatic N) is 8. The van der Waals surface area contributed by atoms with Gasteiger partial charge in [0.15, 0.2) is 23.3 Å². The normalized spacial score (nSPS) is 10.8. The van der Waals surface area contributed by atoms with Gasteiger partial charge in [0, 0.05) is 29.5 Å². The molecule has 0 fully saturated rings. The lowest BCUT2D eigenvalue weighted by atomic mass is 10.2. The Bertz CT molecular complexity index is 2580. The fourth-order valence-electron chi connectivity index (χ4n) is 5.78. The summed E-state index contributed by atoms with van der Waals surface area (Å²) in [5.74, 6) is 3.67. The second kappa shape index (κ2) is 14.8. The molecule has 4 aromatic carbocycles. The van der Waals surface area contributed by atoms with Gasteiger partial charge in [-0.1, -0.05) is 24.3 Å². The number of primary amides is 1. The van der Waals surface area contributed by atoms with Crippen molar-refractivity contribution in [3.8, 4) is 11.6 Å². The predicted octanol–water partition coefficient (Wildman–Crippen LogP) is 6.19. The first-order chi connectivity index (χ1) is 25.8. The second-order valence-corrected chi connectivity index (χ2v) is 11.8. The Morgan fingerprint density at radius 1 is 0.566 bits per heavy atom. The molecule has 2 amide bonds. The number of fused-ring (bicyclic) bond motifs is 2. The SMILES string of the molecule is CNC(=O)c1ccc(Nc2cncc(-n3c(C)nc4ccccc43)n2)cc1.Cc1nc2ccccc2n1-c1cncc(Nc2ccc(C(N)=O)cc2)n1. The van der Waals surface area contributed by atoms with E-state index >= 15 is 0 Å². The van der Waals surface area contributed by atoms with Gasteiger partial charge in [-0.2, -0.15) is 0 Å². The Hall–Kier alpha value is -7.48. The van der Waals surface area contributed by atoms with Crippen LogP contribution in [0, 0.1) is 13.8 Å². The van der Waals surface area contributed by atoms with E-state index in [1.165, 1.54) is 0 Å². The number of aromatic nitrogens is 8. The van der Waals surface area contributed by atoms with Crippen molar-refractivity contribution in [1.82, 2.24) is 44.4 Å². The predicted molar refractivity (Wildman–Crippen MR) is 204 cm³/mol. The Balaban J connectivity index is 0.000000164. The zero-order valence-electron chi connectivity index (χ0n) is 29.0. The average molecular weight is 703 g/mol.